The minimum absolute atomic E-state index is 0.119. The van der Waals surface area contributed by atoms with Gasteiger partial charge in [-0.3, -0.25) is 4.79 Å². The fourth-order valence-corrected chi connectivity index (χ4v) is 1.89. The van der Waals surface area contributed by atoms with Gasteiger partial charge in [-0.2, -0.15) is 0 Å². The molecule has 0 aromatic carbocycles. The van der Waals surface area contributed by atoms with Crippen LogP contribution in [-0.4, -0.2) is 49.9 Å². The monoisotopic (exact) mass is 229 g/mol. The van der Waals surface area contributed by atoms with Crippen LogP contribution in [0.25, 0.3) is 0 Å². The Morgan fingerprint density at radius 1 is 1.47 bits per heavy atom. The van der Waals surface area contributed by atoms with Gasteiger partial charge in [-0.25, -0.2) is 4.68 Å². The summed E-state index contributed by atoms with van der Waals surface area (Å²) in [6.45, 7) is 5.42. The summed E-state index contributed by atoms with van der Waals surface area (Å²) in [5.74, 6) is 0.503. The summed E-state index contributed by atoms with van der Waals surface area (Å²) in [6.07, 6.45) is 0. The molecule has 0 spiro atoms. The van der Waals surface area contributed by atoms with Gasteiger partial charge in [0, 0.05) is 20.1 Å². The number of aryl methyl sites for hydroxylation is 1. The molecule has 7 heteroatoms. The zero-order valence-corrected chi connectivity index (χ0v) is 9.99. The quantitative estimate of drug-likeness (QED) is 0.673. The first-order chi connectivity index (χ1) is 7.19. The van der Waals surface area contributed by atoms with E-state index in [0.29, 0.717) is 10.9 Å². The van der Waals surface area contributed by atoms with E-state index in [0.717, 1.165) is 13.1 Å². The average molecular weight is 229 g/mol. The Bertz CT molecular complexity index is 323. The van der Waals surface area contributed by atoms with Crippen LogP contribution in [0, 0.1) is 0 Å². The minimum atomic E-state index is 0.119. The third kappa shape index (κ3) is 3.19. The number of carbonyl (C=O) groups is 1. The molecule has 1 heterocycles. The van der Waals surface area contributed by atoms with Crippen molar-refractivity contribution in [3.63, 3.8) is 0 Å². The lowest BCUT2D eigenvalue weighted by Crippen LogP contribution is -2.31. The third-order valence-corrected chi connectivity index (χ3v) is 3.02. The molecule has 84 valence electrons. The number of aromatic nitrogens is 4. The Morgan fingerprint density at radius 2 is 2.13 bits per heavy atom. The standard InChI is InChI=1S/C8H15N5OS/c1-4-13(5-2)7(14)6-15-8-9-10-11-12(8)3/h4-6H2,1-3H3. The highest BCUT2D eigenvalue weighted by atomic mass is 32.2. The summed E-state index contributed by atoms with van der Waals surface area (Å²) in [5.41, 5.74) is 0. The number of hydrogen-bond donors (Lipinski definition) is 0. The molecule has 0 N–H and O–H groups in total. The van der Waals surface area contributed by atoms with Crippen molar-refractivity contribution < 1.29 is 4.79 Å². The van der Waals surface area contributed by atoms with Gasteiger partial charge in [-0.15, -0.1) is 5.10 Å². The van der Waals surface area contributed by atoms with Gasteiger partial charge in [0.05, 0.1) is 5.75 Å². The number of tetrazole rings is 1. The number of hydrogen-bond acceptors (Lipinski definition) is 5. The van der Waals surface area contributed by atoms with E-state index in [1.165, 1.54) is 11.8 Å². The largest absolute Gasteiger partial charge is 0.343 e. The zero-order chi connectivity index (χ0) is 11.3. The summed E-state index contributed by atoms with van der Waals surface area (Å²) in [5, 5.41) is 11.6. The lowest BCUT2D eigenvalue weighted by molar-refractivity contribution is -0.127. The molecule has 0 saturated carbocycles. The topological polar surface area (TPSA) is 63.9 Å². The molecule has 0 saturated heterocycles. The Kier molecular flexibility index (Phi) is 4.54. The van der Waals surface area contributed by atoms with Crippen molar-refractivity contribution in [2.45, 2.75) is 19.0 Å². The summed E-state index contributed by atoms with van der Waals surface area (Å²) in [4.78, 5) is 13.4. The van der Waals surface area contributed by atoms with Gasteiger partial charge in [0.15, 0.2) is 0 Å². The first-order valence-electron chi connectivity index (χ1n) is 4.82. The van der Waals surface area contributed by atoms with E-state index < -0.39 is 0 Å². The Hall–Kier alpha value is -1.11. The summed E-state index contributed by atoms with van der Waals surface area (Å²) in [7, 11) is 1.75. The lowest BCUT2D eigenvalue weighted by Gasteiger charge is -2.17. The van der Waals surface area contributed by atoms with Crippen LogP contribution in [0.15, 0.2) is 5.16 Å². The highest BCUT2D eigenvalue weighted by molar-refractivity contribution is 7.99. The van der Waals surface area contributed by atoms with E-state index in [1.807, 2.05) is 13.8 Å². The van der Waals surface area contributed by atoms with Crippen molar-refractivity contribution >= 4 is 17.7 Å². The predicted molar refractivity (Wildman–Crippen MR) is 57.5 cm³/mol. The Morgan fingerprint density at radius 3 is 2.60 bits per heavy atom. The van der Waals surface area contributed by atoms with E-state index in [-0.39, 0.29) is 5.91 Å². The molecule has 0 fully saturated rings. The second-order valence-corrected chi connectivity index (χ2v) is 3.88. The van der Waals surface area contributed by atoms with E-state index in [9.17, 15) is 4.79 Å². The molecule has 1 amide bonds. The number of nitrogens with zero attached hydrogens (tertiary/aromatic N) is 5. The lowest BCUT2D eigenvalue weighted by atomic mass is 10.5. The van der Waals surface area contributed by atoms with Gasteiger partial charge in [0.2, 0.25) is 11.1 Å². The molecule has 1 aromatic heterocycles. The van der Waals surface area contributed by atoms with Crippen molar-refractivity contribution in [3.05, 3.63) is 0 Å². The zero-order valence-electron chi connectivity index (χ0n) is 9.17. The van der Waals surface area contributed by atoms with Gasteiger partial charge in [-0.1, -0.05) is 11.8 Å². The maximum absolute atomic E-state index is 11.6. The van der Waals surface area contributed by atoms with Gasteiger partial charge in [0.1, 0.15) is 0 Å². The Balaban J connectivity index is 2.43. The van der Waals surface area contributed by atoms with Crippen molar-refractivity contribution in [1.82, 2.24) is 25.1 Å². The van der Waals surface area contributed by atoms with Gasteiger partial charge in [-0.05, 0) is 24.3 Å². The molecule has 15 heavy (non-hydrogen) atoms. The second kappa shape index (κ2) is 5.69. The smallest absolute Gasteiger partial charge is 0.233 e. The fourth-order valence-electron chi connectivity index (χ4n) is 1.14. The third-order valence-electron chi connectivity index (χ3n) is 2.02. The molecule has 0 bridgehead atoms. The molecule has 6 nitrogen and oxygen atoms in total. The van der Waals surface area contributed by atoms with Gasteiger partial charge < -0.3 is 4.90 Å². The molecule has 0 aliphatic heterocycles. The average Bonchev–Trinajstić information content (AvgIpc) is 2.63. The van der Waals surface area contributed by atoms with E-state index >= 15 is 0 Å². The van der Waals surface area contributed by atoms with Crippen LogP contribution in [-0.2, 0) is 11.8 Å². The van der Waals surface area contributed by atoms with E-state index in [1.54, 1.807) is 16.6 Å². The molecule has 0 unspecified atom stereocenters. The Labute approximate surface area is 93.0 Å². The maximum Gasteiger partial charge on any atom is 0.233 e. The molecule has 1 aromatic rings. The number of rotatable bonds is 5. The SMILES string of the molecule is CCN(CC)C(=O)CSc1nnnn1C. The fraction of sp³-hybridized carbons (Fsp3) is 0.750. The van der Waals surface area contributed by atoms with Gasteiger partial charge in [0.25, 0.3) is 0 Å². The minimum Gasteiger partial charge on any atom is -0.343 e. The molecule has 1 rings (SSSR count). The summed E-state index contributed by atoms with van der Waals surface area (Å²) < 4.78 is 1.56. The van der Waals surface area contributed by atoms with Crippen molar-refractivity contribution in [2.24, 2.45) is 7.05 Å². The van der Waals surface area contributed by atoms with Crippen molar-refractivity contribution in [2.75, 3.05) is 18.8 Å². The first kappa shape index (κ1) is 12.0. The van der Waals surface area contributed by atoms with Crippen LogP contribution in [0.4, 0.5) is 0 Å². The molecule has 0 atom stereocenters. The normalized spacial score (nSPS) is 10.3. The van der Waals surface area contributed by atoms with Crippen molar-refractivity contribution in [1.29, 1.82) is 0 Å². The molecule has 0 aliphatic rings. The summed E-state index contributed by atoms with van der Waals surface area (Å²) >= 11 is 1.36. The van der Waals surface area contributed by atoms with Crippen LogP contribution in [0.3, 0.4) is 0 Å². The van der Waals surface area contributed by atoms with E-state index in [2.05, 4.69) is 15.5 Å². The molecular formula is C8H15N5OS. The predicted octanol–water partition coefficient (Wildman–Crippen LogP) is 0.171. The van der Waals surface area contributed by atoms with Gasteiger partial charge >= 0.3 is 0 Å². The highest BCUT2D eigenvalue weighted by Crippen LogP contribution is 2.12. The molecule has 0 radical (unpaired) electrons. The van der Waals surface area contributed by atoms with Crippen LogP contribution in [0.1, 0.15) is 13.8 Å². The first-order valence-corrected chi connectivity index (χ1v) is 5.80. The maximum atomic E-state index is 11.6. The van der Waals surface area contributed by atoms with E-state index in [4.69, 9.17) is 0 Å². The highest BCUT2D eigenvalue weighted by Gasteiger charge is 2.11. The number of thioether (sulfide) groups is 1. The molecule has 0 aliphatic carbocycles. The van der Waals surface area contributed by atoms with Crippen LogP contribution in [0.2, 0.25) is 0 Å². The second-order valence-electron chi connectivity index (χ2n) is 2.94. The van der Waals surface area contributed by atoms with Crippen LogP contribution < -0.4 is 0 Å². The van der Waals surface area contributed by atoms with Crippen molar-refractivity contribution in [3.8, 4) is 0 Å². The van der Waals surface area contributed by atoms with Crippen LogP contribution in [0.5, 0.6) is 0 Å². The van der Waals surface area contributed by atoms with Crippen LogP contribution >= 0.6 is 11.8 Å². The number of carbonyl (C=O) groups excluding carboxylic acids is 1. The molecular weight excluding hydrogens is 214 g/mol. The number of amides is 1. The summed E-state index contributed by atoms with van der Waals surface area (Å²) in [6, 6.07) is 0.